The van der Waals surface area contributed by atoms with E-state index in [-0.39, 0.29) is 35.1 Å². The second-order valence-electron chi connectivity index (χ2n) is 9.59. The van der Waals surface area contributed by atoms with E-state index >= 15 is 4.39 Å². The molecule has 1 aliphatic carbocycles. The third-order valence-corrected chi connectivity index (χ3v) is 6.63. The van der Waals surface area contributed by atoms with E-state index in [9.17, 15) is 9.59 Å². The summed E-state index contributed by atoms with van der Waals surface area (Å²) in [6.07, 6.45) is 4.77. The van der Waals surface area contributed by atoms with Gasteiger partial charge in [-0.3, -0.25) is 4.79 Å². The molecule has 0 radical (unpaired) electrons. The number of esters is 1. The zero-order valence-electron chi connectivity index (χ0n) is 19.2. The Hall–Kier alpha value is -2.61. The summed E-state index contributed by atoms with van der Waals surface area (Å²) in [4.78, 5) is 27.7. The molecule has 2 N–H and O–H groups in total. The van der Waals surface area contributed by atoms with Crippen LogP contribution in [0.15, 0.2) is 17.1 Å². The summed E-state index contributed by atoms with van der Waals surface area (Å²) in [5.41, 5.74) is 6.34. The van der Waals surface area contributed by atoms with Gasteiger partial charge in [0.25, 0.3) is 0 Å². The van der Waals surface area contributed by atoms with E-state index < -0.39 is 17.2 Å². The van der Waals surface area contributed by atoms with Gasteiger partial charge >= 0.3 is 5.97 Å². The zero-order valence-corrected chi connectivity index (χ0v) is 19.2. The summed E-state index contributed by atoms with van der Waals surface area (Å²) >= 11 is 0. The molecule has 2 aromatic rings. The topological polar surface area (TPSA) is 86.8 Å². The second kappa shape index (κ2) is 8.39. The molecule has 1 aliphatic heterocycles. The first-order valence-electron chi connectivity index (χ1n) is 11.3. The first kappa shape index (κ1) is 22.6. The number of hydrogen-bond donors (Lipinski definition) is 1. The fourth-order valence-electron chi connectivity index (χ4n) is 4.55. The molecule has 0 amide bonds. The molecule has 8 heteroatoms. The van der Waals surface area contributed by atoms with Crippen molar-refractivity contribution in [1.29, 1.82) is 0 Å². The van der Waals surface area contributed by atoms with Gasteiger partial charge in [-0.05, 0) is 37.2 Å². The molecule has 1 saturated carbocycles. The van der Waals surface area contributed by atoms with Crippen molar-refractivity contribution < 1.29 is 18.7 Å². The van der Waals surface area contributed by atoms with Gasteiger partial charge in [-0.1, -0.05) is 20.8 Å². The quantitative estimate of drug-likeness (QED) is 0.684. The number of ether oxygens (including phenoxy) is 2. The Bertz CT molecular complexity index is 1110. The number of carbonyl (C=O) groups is 1. The molecule has 7 nitrogen and oxygen atoms in total. The molecule has 174 valence electrons. The number of nitrogens with two attached hydrogens (primary N) is 1. The smallest absolute Gasteiger partial charge is 0.343 e. The van der Waals surface area contributed by atoms with Gasteiger partial charge in [0.05, 0.1) is 24.6 Å². The minimum atomic E-state index is -0.677. The molecule has 0 spiro atoms. The Labute approximate surface area is 187 Å². The lowest BCUT2D eigenvalue weighted by Gasteiger charge is -2.44. The van der Waals surface area contributed by atoms with Gasteiger partial charge in [0.15, 0.2) is 11.6 Å². The highest BCUT2D eigenvalue weighted by atomic mass is 19.1. The molecule has 4 rings (SSSR count). The lowest BCUT2D eigenvalue weighted by Crippen LogP contribution is -2.52. The van der Waals surface area contributed by atoms with Gasteiger partial charge in [0, 0.05) is 31.4 Å². The van der Waals surface area contributed by atoms with Crippen molar-refractivity contribution in [3.8, 4) is 5.75 Å². The van der Waals surface area contributed by atoms with Crippen LogP contribution < -0.4 is 20.8 Å². The fourth-order valence-corrected chi connectivity index (χ4v) is 4.55. The van der Waals surface area contributed by atoms with Crippen LogP contribution in [0.5, 0.6) is 5.75 Å². The van der Waals surface area contributed by atoms with Gasteiger partial charge in [0.1, 0.15) is 11.3 Å². The van der Waals surface area contributed by atoms with Crippen molar-refractivity contribution in [1.82, 2.24) is 4.57 Å². The first-order valence-corrected chi connectivity index (χ1v) is 11.3. The molecule has 0 bridgehead atoms. The Balaban J connectivity index is 1.92. The number of anilines is 1. The van der Waals surface area contributed by atoms with Crippen LogP contribution in [0.3, 0.4) is 0 Å². The number of nitrogens with zero attached hydrogens (tertiary/aromatic N) is 2. The SMILES string of the molecule is CCCOC(=O)c1cn(C2CC2)c2c(OC)c(N3CCC(N)C(C)(C)C3)c(F)cc2c1=O. The Kier molecular flexibility index (Phi) is 5.92. The number of hydrogen-bond acceptors (Lipinski definition) is 6. The van der Waals surface area contributed by atoms with Gasteiger partial charge in [0.2, 0.25) is 5.43 Å². The molecule has 1 aromatic carbocycles. The summed E-state index contributed by atoms with van der Waals surface area (Å²) in [5.74, 6) is -0.897. The van der Waals surface area contributed by atoms with Crippen molar-refractivity contribution in [3.63, 3.8) is 0 Å². The summed E-state index contributed by atoms with van der Waals surface area (Å²) in [6.45, 7) is 7.42. The Morgan fingerprint density at radius 2 is 2.03 bits per heavy atom. The molecule has 2 heterocycles. The number of benzene rings is 1. The minimum Gasteiger partial charge on any atom is -0.492 e. The number of aromatic nitrogens is 1. The van der Waals surface area contributed by atoms with E-state index in [0.717, 1.165) is 19.3 Å². The van der Waals surface area contributed by atoms with Crippen LogP contribution >= 0.6 is 0 Å². The van der Waals surface area contributed by atoms with Gasteiger partial charge in [-0.2, -0.15) is 0 Å². The molecule has 1 atom stereocenters. The Morgan fingerprint density at radius 3 is 2.62 bits per heavy atom. The van der Waals surface area contributed by atoms with E-state index in [1.54, 1.807) is 6.20 Å². The average Bonchev–Trinajstić information content (AvgIpc) is 3.59. The standard InChI is InChI=1S/C24H32FN3O4/c1-5-10-32-23(30)16-12-28(14-6-7-14)19-15(21(16)29)11-17(25)20(22(19)31-4)27-9-8-18(26)24(2,3)13-27/h11-12,14,18H,5-10,13,26H2,1-4H3. The van der Waals surface area contributed by atoms with E-state index in [4.69, 9.17) is 15.2 Å². The van der Waals surface area contributed by atoms with Crippen LogP contribution in [0.1, 0.15) is 62.9 Å². The van der Waals surface area contributed by atoms with E-state index in [2.05, 4.69) is 13.8 Å². The molecule has 2 aliphatic rings. The van der Waals surface area contributed by atoms with Crippen LogP contribution in [0.2, 0.25) is 0 Å². The van der Waals surface area contributed by atoms with Crippen molar-refractivity contribution in [3.05, 3.63) is 33.9 Å². The molecule has 1 aromatic heterocycles. The monoisotopic (exact) mass is 445 g/mol. The molecule has 2 fully saturated rings. The molecular weight excluding hydrogens is 413 g/mol. The highest BCUT2D eigenvalue weighted by Crippen LogP contribution is 2.45. The predicted octanol–water partition coefficient (Wildman–Crippen LogP) is 3.61. The van der Waals surface area contributed by atoms with E-state index in [1.165, 1.54) is 13.2 Å². The number of halogens is 1. The predicted molar refractivity (Wildman–Crippen MR) is 122 cm³/mol. The highest BCUT2D eigenvalue weighted by Gasteiger charge is 2.37. The zero-order chi connectivity index (χ0) is 23.2. The summed E-state index contributed by atoms with van der Waals surface area (Å²) in [6, 6.07) is 1.40. The van der Waals surface area contributed by atoms with Crippen molar-refractivity contribution in [2.75, 3.05) is 31.7 Å². The molecule has 1 saturated heterocycles. The van der Waals surface area contributed by atoms with Crippen LogP contribution in [0.25, 0.3) is 10.9 Å². The third kappa shape index (κ3) is 3.85. The lowest BCUT2D eigenvalue weighted by atomic mass is 9.79. The highest BCUT2D eigenvalue weighted by molar-refractivity contribution is 5.97. The van der Waals surface area contributed by atoms with Crippen molar-refractivity contribution >= 4 is 22.6 Å². The Morgan fingerprint density at radius 1 is 1.31 bits per heavy atom. The number of carbonyl (C=O) groups excluding carboxylic acids is 1. The number of rotatable bonds is 6. The summed E-state index contributed by atoms with van der Waals surface area (Å²) in [7, 11) is 1.49. The van der Waals surface area contributed by atoms with E-state index in [1.807, 2.05) is 16.4 Å². The van der Waals surface area contributed by atoms with Gasteiger partial charge in [-0.15, -0.1) is 0 Å². The van der Waals surface area contributed by atoms with Crippen LogP contribution in [0.4, 0.5) is 10.1 Å². The lowest BCUT2D eigenvalue weighted by molar-refractivity contribution is 0.0503. The average molecular weight is 446 g/mol. The molecule has 32 heavy (non-hydrogen) atoms. The maximum absolute atomic E-state index is 15.5. The van der Waals surface area contributed by atoms with Crippen LogP contribution in [-0.4, -0.2) is 43.4 Å². The normalized spacial score (nSPS) is 20.4. The maximum Gasteiger partial charge on any atom is 0.343 e. The number of pyridine rings is 1. The fraction of sp³-hybridized carbons (Fsp3) is 0.583. The maximum atomic E-state index is 15.5. The number of fused-ring (bicyclic) bond motifs is 1. The second-order valence-corrected chi connectivity index (χ2v) is 9.59. The van der Waals surface area contributed by atoms with Crippen molar-refractivity contribution in [2.45, 2.75) is 58.5 Å². The van der Waals surface area contributed by atoms with Gasteiger partial charge in [-0.25, -0.2) is 9.18 Å². The third-order valence-electron chi connectivity index (χ3n) is 6.63. The summed E-state index contributed by atoms with van der Waals surface area (Å²) < 4.78 is 28.4. The van der Waals surface area contributed by atoms with Gasteiger partial charge < -0.3 is 24.7 Å². The number of methoxy groups -OCH3 is 1. The van der Waals surface area contributed by atoms with Crippen LogP contribution in [0, 0.1) is 11.2 Å². The number of piperidine rings is 1. The van der Waals surface area contributed by atoms with Crippen molar-refractivity contribution in [2.24, 2.45) is 11.1 Å². The van der Waals surface area contributed by atoms with E-state index in [0.29, 0.717) is 36.5 Å². The molecular formula is C24H32FN3O4. The summed E-state index contributed by atoms with van der Waals surface area (Å²) in [5, 5.41) is 0.133. The largest absolute Gasteiger partial charge is 0.492 e. The minimum absolute atomic E-state index is 0.0228. The van der Waals surface area contributed by atoms with Crippen LogP contribution in [-0.2, 0) is 4.74 Å². The molecule has 1 unspecified atom stereocenters. The first-order chi connectivity index (χ1) is 15.2.